The molecule has 2 N–H and O–H groups in total. The van der Waals surface area contributed by atoms with E-state index in [0.29, 0.717) is 27.3 Å². The van der Waals surface area contributed by atoms with Gasteiger partial charge in [-0.25, -0.2) is 0 Å². The van der Waals surface area contributed by atoms with Crippen molar-refractivity contribution in [3.8, 4) is 5.75 Å². The minimum absolute atomic E-state index is 0.131. The van der Waals surface area contributed by atoms with Gasteiger partial charge in [0.15, 0.2) is 6.61 Å². The molecule has 0 radical (unpaired) electrons. The van der Waals surface area contributed by atoms with Crippen molar-refractivity contribution in [2.75, 3.05) is 19.0 Å². The van der Waals surface area contributed by atoms with Crippen LogP contribution in [0.2, 0.25) is 5.02 Å². The molecule has 0 aliphatic heterocycles. The van der Waals surface area contributed by atoms with Gasteiger partial charge in [0.1, 0.15) is 10.8 Å². The molecule has 2 amide bonds. The first-order valence-electron chi connectivity index (χ1n) is 8.52. The first kappa shape index (κ1) is 18.7. The Kier molecular flexibility index (Phi) is 5.84. The summed E-state index contributed by atoms with van der Waals surface area (Å²) >= 11 is 7.33. The van der Waals surface area contributed by atoms with Gasteiger partial charge in [0.05, 0.1) is 5.56 Å². The Morgan fingerprint density at radius 3 is 2.73 bits per heavy atom. The quantitative estimate of drug-likeness (QED) is 0.810. The van der Waals surface area contributed by atoms with Crippen LogP contribution in [0.4, 0.5) is 5.00 Å². The van der Waals surface area contributed by atoms with Crippen molar-refractivity contribution in [3.05, 3.63) is 45.3 Å². The Labute approximate surface area is 161 Å². The van der Waals surface area contributed by atoms with Crippen molar-refractivity contribution in [1.29, 1.82) is 0 Å². The number of fused-ring (bicyclic) bond motifs is 1. The van der Waals surface area contributed by atoms with Gasteiger partial charge in [-0.3, -0.25) is 9.59 Å². The zero-order chi connectivity index (χ0) is 18.7. The van der Waals surface area contributed by atoms with Crippen LogP contribution < -0.4 is 15.4 Å². The number of thiophene rings is 1. The van der Waals surface area contributed by atoms with Crippen molar-refractivity contribution in [1.82, 2.24) is 5.32 Å². The summed E-state index contributed by atoms with van der Waals surface area (Å²) in [7, 11) is 1.60. The molecule has 1 aromatic carbocycles. The molecule has 0 fully saturated rings. The van der Waals surface area contributed by atoms with Crippen LogP contribution in [-0.4, -0.2) is 25.5 Å². The minimum Gasteiger partial charge on any atom is -0.484 e. The van der Waals surface area contributed by atoms with E-state index in [4.69, 9.17) is 16.3 Å². The second-order valence-electron chi connectivity index (χ2n) is 6.43. The van der Waals surface area contributed by atoms with Crippen LogP contribution >= 0.6 is 22.9 Å². The molecule has 0 saturated carbocycles. The predicted octanol–water partition coefficient (Wildman–Crippen LogP) is 3.90. The highest BCUT2D eigenvalue weighted by Gasteiger charge is 2.27. The van der Waals surface area contributed by atoms with Crippen LogP contribution in [0.25, 0.3) is 0 Å². The molecule has 5 nitrogen and oxygen atoms in total. The SMILES string of the molecule is CNC(=O)c1c(NC(=O)COc2ccc(Cl)cc2)sc2c1CC[C@H](C)C2. The smallest absolute Gasteiger partial charge is 0.262 e. The molecule has 2 aromatic rings. The Bertz CT molecular complexity index is 817. The van der Waals surface area contributed by atoms with Gasteiger partial charge in [-0.2, -0.15) is 0 Å². The molecule has 0 unspecified atom stereocenters. The fraction of sp³-hybridized carbons (Fsp3) is 0.368. The highest BCUT2D eigenvalue weighted by atomic mass is 35.5. The Morgan fingerprint density at radius 1 is 1.31 bits per heavy atom. The zero-order valence-electron chi connectivity index (χ0n) is 14.7. The van der Waals surface area contributed by atoms with Crippen LogP contribution in [0, 0.1) is 5.92 Å². The molecule has 7 heteroatoms. The largest absolute Gasteiger partial charge is 0.484 e. The molecule has 26 heavy (non-hydrogen) atoms. The predicted molar refractivity (Wildman–Crippen MR) is 104 cm³/mol. The van der Waals surface area contributed by atoms with Gasteiger partial charge in [0.2, 0.25) is 0 Å². The number of ether oxygens (including phenoxy) is 1. The summed E-state index contributed by atoms with van der Waals surface area (Å²) in [6, 6.07) is 6.81. The van der Waals surface area contributed by atoms with E-state index < -0.39 is 0 Å². The van der Waals surface area contributed by atoms with E-state index in [1.54, 1.807) is 31.3 Å². The molecule has 3 rings (SSSR count). The van der Waals surface area contributed by atoms with Gasteiger partial charge < -0.3 is 15.4 Å². The van der Waals surface area contributed by atoms with Gasteiger partial charge in [-0.05, 0) is 55.0 Å². The third kappa shape index (κ3) is 4.19. The Hall–Kier alpha value is -2.05. The van der Waals surface area contributed by atoms with Crippen LogP contribution in [-0.2, 0) is 17.6 Å². The van der Waals surface area contributed by atoms with Gasteiger partial charge in [-0.15, -0.1) is 11.3 Å². The Balaban J connectivity index is 1.73. The molecule has 1 heterocycles. The van der Waals surface area contributed by atoms with E-state index in [0.717, 1.165) is 24.8 Å². The number of amides is 2. The molecule has 1 aromatic heterocycles. The van der Waals surface area contributed by atoms with Crippen molar-refractivity contribution >= 4 is 39.8 Å². The van der Waals surface area contributed by atoms with Crippen LogP contribution in [0.15, 0.2) is 24.3 Å². The summed E-state index contributed by atoms with van der Waals surface area (Å²) in [5.41, 5.74) is 1.67. The van der Waals surface area contributed by atoms with Crippen LogP contribution in [0.1, 0.15) is 34.1 Å². The minimum atomic E-state index is -0.295. The lowest BCUT2D eigenvalue weighted by Crippen LogP contribution is -2.24. The lowest BCUT2D eigenvalue weighted by atomic mass is 9.88. The maximum atomic E-state index is 12.3. The normalized spacial score (nSPS) is 15.9. The van der Waals surface area contributed by atoms with Crippen molar-refractivity contribution in [3.63, 3.8) is 0 Å². The van der Waals surface area contributed by atoms with Crippen LogP contribution in [0.5, 0.6) is 5.75 Å². The van der Waals surface area contributed by atoms with Gasteiger partial charge in [-0.1, -0.05) is 18.5 Å². The second kappa shape index (κ2) is 8.10. The number of carbonyl (C=O) groups is 2. The summed E-state index contributed by atoms with van der Waals surface area (Å²) in [5.74, 6) is 0.702. The molecule has 1 aliphatic carbocycles. The van der Waals surface area contributed by atoms with Crippen LogP contribution in [0.3, 0.4) is 0 Å². The highest BCUT2D eigenvalue weighted by Crippen LogP contribution is 2.39. The average molecular weight is 393 g/mol. The number of carbonyl (C=O) groups excluding carboxylic acids is 2. The van der Waals surface area contributed by atoms with E-state index >= 15 is 0 Å². The molecule has 0 spiro atoms. The number of hydrogen-bond donors (Lipinski definition) is 2. The van der Waals surface area contributed by atoms with Gasteiger partial charge >= 0.3 is 0 Å². The first-order chi connectivity index (χ1) is 12.5. The van der Waals surface area contributed by atoms with E-state index in [9.17, 15) is 9.59 Å². The highest BCUT2D eigenvalue weighted by molar-refractivity contribution is 7.17. The molecular formula is C19H21ClN2O3S. The summed E-state index contributed by atoms with van der Waals surface area (Å²) in [6.07, 6.45) is 2.87. The summed E-state index contributed by atoms with van der Waals surface area (Å²) < 4.78 is 5.47. The van der Waals surface area contributed by atoms with Gasteiger partial charge in [0, 0.05) is 16.9 Å². The first-order valence-corrected chi connectivity index (χ1v) is 9.72. The van der Waals surface area contributed by atoms with Crippen molar-refractivity contribution in [2.45, 2.75) is 26.2 Å². The molecule has 0 bridgehead atoms. The maximum Gasteiger partial charge on any atom is 0.262 e. The molecule has 0 saturated heterocycles. The topological polar surface area (TPSA) is 67.4 Å². The van der Waals surface area contributed by atoms with E-state index in [1.807, 2.05) is 0 Å². The standard InChI is InChI=1S/C19H21ClN2O3S/c1-11-3-8-14-15(9-11)26-19(17(14)18(24)21-2)22-16(23)10-25-13-6-4-12(20)5-7-13/h4-7,11H,3,8-10H2,1-2H3,(H,21,24)(H,22,23)/t11-/m0/s1. The number of nitrogens with one attached hydrogen (secondary N) is 2. The van der Waals surface area contributed by atoms with Crippen molar-refractivity contribution in [2.24, 2.45) is 5.92 Å². The summed E-state index contributed by atoms with van der Waals surface area (Å²) in [4.78, 5) is 25.8. The number of benzene rings is 1. The number of halogens is 1. The lowest BCUT2D eigenvalue weighted by molar-refractivity contribution is -0.118. The molecule has 138 valence electrons. The van der Waals surface area contributed by atoms with E-state index in [1.165, 1.54) is 16.2 Å². The fourth-order valence-corrected chi connectivity index (χ4v) is 4.60. The lowest BCUT2D eigenvalue weighted by Gasteiger charge is -2.18. The molecule has 1 aliphatic rings. The number of rotatable bonds is 5. The van der Waals surface area contributed by atoms with E-state index in [2.05, 4.69) is 17.6 Å². The van der Waals surface area contributed by atoms with Gasteiger partial charge in [0.25, 0.3) is 11.8 Å². The van der Waals surface area contributed by atoms with Crippen molar-refractivity contribution < 1.29 is 14.3 Å². The maximum absolute atomic E-state index is 12.3. The summed E-state index contributed by atoms with van der Waals surface area (Å²) in [6.45, 7) is 2.08. The fourth-order valence-electron chi connectivity index (χ4n) is 3.05. The zero-order valence-corrected chi connectivity index (χ0v) is 16.3. The third-order valence-corrected chi connectivity index (χ3v) is 5.82. The second-order valence-corrected chi connectivity index (χ2v) is 7.97. The molecular weight excluding hydrogens is 372 g/mol. The third-order valence-electron chi connectivity index (χ3n) is 4.40. The Morgan fingerprint density at radius 2 is 2.04 bits per heavy atom. The monoisotopic (exact) mass is 392 g/mol. The van der Waals surface area contributed by atoms with E-state index in [-0.39, 0.29) is 18.4 Å². The molecule has 1 atom stereocenters. The number of anilines is 1. The summed E-state index contributed by atoms with van der Waals surface area (Å²) in [5, 5.41) is 6.74. The number of hydrogen-bond acceptors (Lipinski definition) is 4. The average Bonchev–Trinajstić information content (AvgIpc) is 2.97.